The highest BCUT2D eigenvalue weighted by molar-refractivity contribution is 4.88. The Morgan fingerprint density at radius 1 is 1.15 bits per heavy atom. The molecule has 2 atom stereocenters. The van der Waals surface area contributed by atoms with E-state index in [2.05, 4.69) is 12.2 Å². The summed E-state index contributed by atoms with van der Waals surface area (Å²) in [4.78, 5) is 0. The Hall–Kier alpha value is -0.0800. The second-order valence-corrected chi connectivity index (χ2v) is 4.92. The van der Waals surface area contributed by atoms with Crippen LogP contribution in [-0.4, -0.2) is 23.8 Å². The zero-order valence-corrected chi connectivity index (χ0v) is 8.50. The molecule has 2 heteroatoms. The minimum Gasteiger partial charge on any atom is -0.392 e. The summed E-state index contributed by atoms with van der Waals surface area (Å²) in [6.07, 6.45) is 6.41. The highest BCUT2D eigenvalue weighted by atomic mass is 16.3. The maximum Gasteiger partial charge on any atom is 0.0679 e. The maximum atomic E-state index is 9.42. The van der Waals surface area contributed by atoms with E-state index in [1.165, 1.54) is 25.7 Å². The van der Waals surface area contributed by atoms with Crippen LogP contribution in [-0.2, 0) is 0 Å². The van der Waals surface area contributed by atoms with E-state index < -0.39 is 0 Å². The zero-order valence-electron chi connectivity index (χ0n) is 8.50. The van der Waals surface area contributed by atoms with Crippen LogP contribution >= 0.6 is 0 Å². The Bertz CT molecular complexity index is 163. The largest absolute Gasteiger partial charge is 0.392 e. The van der Waals surface area contributed by atoms with Crippen LogP contribution in [0.5, 0.6) is 0 Å². The third-order valence-corrected chi connectivity index (χ3v) is 3.77. The molecule has 2 rings (SSSR count). The van der Waals surface area contributed by atoms with Crippen molar-refractivity contribution in [3.05, 3.63) is 0 Å². The van der Waals surface area contributed by atoms with Gasteiger partial charge in [0.1, 0.15) is 0 Å². The molecule has 0 spiro atoms. The quantitative estimate of drug-likeness (QED) is 0.646. The topological polar surface area (TPSA) is 32.3 Å². The van der Waals surface area contributed by atoms with Crippen LogP contribution in [0.1, 0.15) is 39.0 Å². The molecule has 0 aromatic heterocycles. The second kappa shape index (κ2) is 3.97. The molecule has 1 saturated heterocycles. The Morgan fingerprint density at radius 2 is 1.85 bits per heavy atom. The van der Waals surface area contributed by atoms with E-state index >= 15 is 0 Å². The van der Waals surface area contributed by atoms with Crippen molar-refractivity contribution in [2.45, 2.75) is 51.2 Å². The normalized spacial score (nSPS) is 46.6. The molecule has 2 aliphatic rings. The summed E-state index contributed by atoms with van der Waals surface area (Å²) in [5.74, 6) is 1.77. The highest BCUT2D eigenvalue weighted by Gasteiger charge is 2.31. The van der Waals surface area contributed by atoms with Gasteiger partial charge in [0.2, 0.25) is 0 Å². The lowest BCUT2D eigenvalue weighted by Gasteiger charge is -2.30. The first-order chi connectivity index (χ1) is 6.25. The number of hydrogen-bond donors (Lipinski definition) is 2. The van der Waals surface area contributed by atoms with Crippen LogP contribution in [0.25, 0.3) is 0 Å². The predicted octanol–water partition coefficient (Wildman–Crippen LogP) is 1.54. The average molecular weight is 183 g/mol. The number of aliphatic hydroxyl groups is 1. The maximum absolute atomic E-state index is 9.42. The second-order valence-electron chi connectivity index (χ2n) is 4.92. The molecule has 1 aliphatic carbocycles. The van der Waals surface area contributed by atoms with Crippen molar-refractivity contribution in [3.8, 4) is 0 Å². The van der Waals surface area contributed by atoms with Crippen molar-refractivity contribution < 1.29 is 5.11 Å². The van der Waals surface area contributed by atoms with Gasteiger partial charge in [-0.1, -0.05) is 19.8 Å². The van der Waals surface area contributed by atoms with Gasteiger partial charge >= 0.3 is 0 Å². The van der Waals surface area contributed by atoms with Crippen molar-refractivity contribution in [1.29, 1.82) is 0 Å². The Morgan fingerprint density at radius 3 is 2.38 bits per heavy atom. The first-order valence-corrected chi connectivity index (χ1v) is 5.67. The number of hydrogen-bond acceptors (Lipinski definition) is 2. The van der Waals surface area contributed by atoms with Gasteiger partial charge in [0.05, 0.1) is 6.10 Å². The van der Waals surface area contributed by atoms with E-state index in [0.29, 0.717) is 6.04 Å². The van der Waals surface area contributed by atoms with Crippen LogP contribution in [0.15, 0.2) is 0 Å². The van der Waals surface area contributed by atoms with Crippen molar-refractivity contribution in [1.82, 2.24) is 5.32 Å². The molecule has 1 saturated carbocycles. The fourth-order valence-electron chi connectivity index (χ4n) is 2.79. The van der Waals surface area contributed by atoms with Crippen LogP contribution in [0.2, 0.25) is 0 Å². The molecule has 1 heterocycles. The number of rotatable bonds is 1. The highest BCUT2D eigenvalue weighted by Crippen LogP contribution is 2.32. The smallest absolute Gasteiger partial charge is 0.0679 e. The molecule has 2 N–H and O–H groups in total. The first-order valence-electron chi connectivity index (χ1n) is 5.67. The third kappa shape index (κ3) is 2.23. The van der Waals surface area contributed by atoms with E-state index in [9.17, 15) is 5.11 Å². The van der Waals surface area contributed by atoms with Crippen molar-refractivity contribution in [3.63, 3.8) is 0 Å². The molecular weight excluding hydrogens is 162 g/mol. The van der Waals surface area contributed by atoms with Crippen LogP contribution < -0.4 is 5.32 Å². The summed E-state index contributed by atoms with van der Waals surface area (Å²) in [5.41, 5.74) is 0. The molecule has 0 aromatic rings. The number of aliphatic hydroxyl groups excluding tert-OH is 1. The van der Waals surface area contributed by atoms with E-state index in [1.807, 2.05) is 0 Å². The van der Waals surface area contributed by atoms with Crippen LogP contribution in [0.4, 0.5) is 0 Å². The first kappa shape index (κ1) is 9.47. The Kier molecular flexibility index (Phi) is 2.89. The molecular formula is C11H21NO. The summed E-state index contributed by atoms with van der Waals surface area (Å²) in [6.45, 7) is 3.17. The summed E-state index contributed by atoms with van der Waals surface area (Å²) < 4.78 is 0. The number of nitrogens with one attached hydrogen (secondary N) is 1. The Balaban J connectivity index is 1.81. The van der Waals surface area contributed by atoms with Gasteiger partial charge < -0.3 is 10.4 Å². The predicted molar refractivity (Wildman–Crippen MR) is 53.5 cm³/mol. The molecule has 2 fully saturated rings. The van der Waals surface area contributed by atoms with Gasteiger partial charge in [-0.05, 0) is 31.1 Å². The van der Waals surface area contributed by atoms with Gasteiger partial charge in [0, 0.05) is 12.6 Å². The van der Waals surface area contributed by atoms with E-state index in [0.717, 1.165) is 24.8 Å². The van der Waals surface area contributed by atoms with Crippen molar-refractivity contribution in [2.24, 2.45) is 11.8 Å². The molecule has 0 amide bonds. The Labute approximate surface area is 80.7 Å². The van der Waals surface area contributed by atoms with Gasteiger partial charge in [-0.2, -0.15) is 0 Å². The molecule has 2 nitrogen and oxygen atoms in total. The van der Waals surface area contributed by atoms with E-state index in [-0.39, 0.29) is 6.10 Å². The number of β-amino-alcohol motifs (C(OH)–C–C–N with tert-alkyl or cyclic N) is 1. The van der Waals surface area contributed by atoms with E-state index in [4.69, 9.17) is 0 Å². The fourth-order valence-corrected chi connectivity index (χ4v) is 2.79. The standard InChI is InChI=1S/C11H21NO/c1-8-2-4-9(5-3-8)11-6-10(13)7-12-11/h8-13H,2-7H2,1H3. The van der Waals surface area contributed by atoms with E-state index in [1.54, 1.807) is 0 Å². The zero-order chi connectivity index (χ0) is 9.26. The third-order valence-electron chi connectivity index (χ3n) is 3.77. The van der Waals surface area contributed by atoms with Gasteiger partial charge in [-0.15, -0.1) is 0 Å². The molecule has 0 aromatic carbocycles. The lowest BCUT2D eigenvalue weighted by atomic mass is 9.79. The van der Waals surface area contributed by atoms with Crippen LogP contribution in [0.3, 0.4) is 0 Å². The molecule has 1 aliphatic heterocycles. The fraction of sp³-hybridized carbons (Fsp3) is 1.00. The lowest BCUT2D eigenvalue weighted by Crippen LogP contribution is -2.32. The minimum absolute atomic E-state index is 0.0793. The average Bonchev–Trinajstić information content (AvgIpc) is 2.53. The molecule has 0 bridgehead atoms. The molecule has 2 unspecified atom stereocenters. The molecule has 13 heavy (non-hydrogen) atoms. The monoisotopic (exact) mass is 183 g/mol. The van der Waals surface area contributed by atoms with Crippen molar-refractivity contribution in [2.75, 3.05) is 6.54 Å². The summed E-state index contributed by atoms with van der Waals surface area (Å²) in [6, 6.07) is 0.613. The van der Waals surface area contributed by atoms with Gasteiger partial charge in [0.25, 0.3) is 0 Å². The summed E-state index contributed by atoms with van der Waals surface area (Å²) in [5, 5.41) is 12.9. The molecule has 0 radical (unpaired) electrons. The SMILES string of the molecule is CC1CCC(C2CC(O)CN2)CC1. The summed E-state index contributed by atoms with van der Waals surface area (Å²) in [7, 11) is 0. The van der Waals surface area contributed by atoms with Crippen molar-refractivity contribution >= 4 is 0 Å². The van der Waals surface area contributed by atoms with Gasteiger partial charge in [-0.25, -0.2) is 0 Å². The van der Waals surface area contributed by atoms with Crippen LogP contribution in [0, 0.1) is 11.8 Å². The van der Waals surface area contributed by atoms with Gasteiger partial charge in [-0.3, -0.25) is 0 Å². The minimum atomic E-state index is -0.0793. The lowest BCUT2D eigenvalue weighted by molar-refractivity contribution is 0.181. The molecule has 76 valence electrons. The van der Waals surface area contributed by atoms with Gasteiger partial charge in [0.15, 0.2) is 0 Å². The summed E-state index contributed by atoms with van der Waals surface area (Å²) >= 11 is 0.